The second-order valence-corrected chi connectivity index (χ2v) is 23.9. The number of anilines is 1. The number of nitrogens with one attached hydrogen (secondary N) is 6. The predicted molar refractivity (Wildman–Crippen MR) is 310 cm³/mol. The highest BCUT2D eigenvalue weighted by Crippen LogP contribution is 2.26. The first-order valence-corrected chi connectivity index (χ1v) is 31.2. The molecule has 0 aliphatic carbocycles. The van der Waals surface area contributed by atoms with Crippen LogP contribution in [0.5, 0.6) is 5.75 Å². The van der Waals surface area contributed by atoms with Crippen LogP contribution in [0.3, 0.4) is 0 Å². The lowest BCUT2D eigenvalue weighted by molar-refractivity contribution is -0.140. The lowest BCUT2D eigenvalue weighted by Gasteiger charge is -2.33. The first-order valence-electron chi connectivity index (χ1n) is 27.9. The second kappa shape index (κ2) is 34.5. The molecule has 2 aliphatic heterocycles. The Hall–Kier alpha value is -7.99. The quantitative estimate of drug-likeness (QED) is 0.0236. The van der Waals surface area contributed by atoms with Crippen molar-refractivity contribution in [2.75, 3.05) is 122 Å². The number of benzene rings is 2. The van der Waals surface area contributed by atoms with Crippen LogP contribution in [0.25, 0.3) is 0 Å². The smallest absolute Gasteiger partial charge is 0.317 e. The first-order chi connectivity index (χ1) is 41.6. The average molecular weight is 1280 g/mol. The van der Waals surface area contributed by atoms with E-state index < -0.39 is 148 Å². The number of halogens is 1. The Labute approximate surface area is 506 Å². The van der Waals surface area contributed by atoms with E-state index in [-0.39, 0.29) is 95.2 Å². The highest BCUT2D eigenvalue weighted by Gasteiger charge is 2.33. The number of aryl methyl sites for hydroxylation is 3. The summed E-state index contributed by atoms with van der Waals surface area (Å²) in [6.07, 6.45) is 2.66. The van der Waals surface area contributed by atoms with Crippen molar-refractivity contribution in [1.29, 1.82) is 0 Å². The molecule has 3 aromatic rings. The minimum atomic E-state index is -5.11. The number of carbonyl (C=O) groups excluding carboxylic acids is 5. The number of fused-ring (bicyclic) bond motifs is 1. The molecule has 1 fully saturated rings. The third kappa shape index (κ3) is 26.5. The predicted octanol–water partition coefficient (Wildman–Crippen LogP) is -2.08. The third-order valence-corrected chi connectivity index (χ3v) is 15.4. The van der Waals surface area contributed by atoms with E-state index in [1.807, 2.05) is 11.4 Å². The summed E-state index contributed by atoms with van der Waals surface area (Å²) in [4.78, 5) is 123. The van der Waals surface area contributed by atoms with Crippen LogP contribution < -0.4 is 36.6 Å². The van der Waals surface area contributed by atoms with Crippen LogP contribution >= 0.6 is 0 Å². The maximum absolute atomic E-state index is 15.3. The lowest BCUT2D eigenvalue weighted by atomic mass is 10.0. The van der Waals surface area contributed by atoms with E-state index in [4.69, 9.17) is 9.72 Å². The summed E-state index contributed by atoms with van der Waals surface area (Å²) in [6, 6.07) is 9.07. The van der Waals surface area contributed by atoms with Gasteiger partial charge in [0.15, 0.2) is 11.6 Å². The normalized spacial score (nSPS) is 15.9. The van der Waals surface area contributed by atoms with Crippen LogP contribution in [0.15, 0.2) is 54.6 Å². The molecule has 12 N–H and O–H groups in total. The molecule has 3 atom stereocenters. The highest BCUT2D eigenvalue weighted by molar-refractivity contribution is 7.86. The van der Waals surface area contributed by atoms with Crippen molar-refractivity contribution in [1.82, 2.24) is 51.2 Å². The minimum Gasteiger partial charge on any atom is -0.491 e. The van der Waals surface area contributed by atoms with Crippen LogP contribution in [0, 0.1) is 5.82 Å². The maximum Gasteiger partial charge on any atom is 0.317 e. The molecule has 88 heavy (non-hydrogen) atoms. The van der Waals surface area contributed by atoms with Crippen LogP contribution in [0.1, 0.15) is 64.5 Å². The molecule has 2 aliphatic rings. The Morgan fingerprint density at radius 3 is 1.70 bits per heavy atom. The fraction of sp³-hybridized carbons (Fsp3) is 0.519. The molecular weight excluding hydrogens is 1210 g/mol. The maximum atomic E-state index is 15.3. The molecule has 484 valence electrons. The number of rotatable bonds is 32. The van der Waals surface area contributed by atoms with E-state index in [1.54, 1.807) is 24.3 Å². The number of carboxylic acid groups (broad SMARTS) is 4. The summed E-state index contributed by atoms with van der Waals surface area (Å²) in [5, 5.41) is 52.8. The van der Waals surface area contributed by atoms with Crippen molar-refractivity contribution in [3.05, 3.63) is 88.4 Å². The van der Waals surface area contributed by atoms with Crippen molar-refractivity contribution in [2.24, 2.45) is 0 Å². The number of pyridine rings is 1. The summed E-state index contributed by atoms with van der Waals surface area (Å²) in [6.45, 7) is -2.01. The van der Waals surface area contributed by atoms with E-state index in [2.05, 4.69) is 32.7 Å². The summed E-state index contributed by atoms with van der Waals surface area (Å²) < 4.78 is 88.2. The zero-order valence-electron chi connectivity index (χ0n) is 47.9. The van der Waals surface area contributed by atoms with Gasteiger partial charge in [0.1, 0.15) is 29.4 Å². The summed E-state index contributed by atoms with van der Waals surface area (Å²) in [7, 11) is -10.2. The SMILES string of the molecule is O=C(O)C[C@H](NC(=O)c1ccc(CCc2ccc3c(n2)NCCC3)cc1)c1ccc(OCCCC(=O)NCCNC(=O)[C@H](CS(=O)(=O)O)NC(=O)[C@H](CS(=O)(=O)O)NC(=O)CN2CCN(CC(=O)O)CCN(CC(=O)O)CCN(CC(=O)O)CC2)c(F)c1. The number of nitrogens with zero attached hydrogens (tertiary/aromatic N) is 5. The molecule has 1 aromatic heterocycles. The van der Waals surface area contributed by atoms with E-state index in [1.165, 1.54) is 37.3 Å². The molecule has 5 amide bonds. The van der Waals surface area contributed by atoms with Gasteiger partial charge < -0.3 is 57.1 Å². The summed E-state index contributed by atoms with van der Waals surface area (Å²) >= 11 is 0. The standard InChI is InChI=1S/C54H74FN11O20S2/c55-40-27-38(41(28-47(69)70)61-52(77)37-8-5-35(6-9-37)7-12-39-13-10-36-3-1-15-57-51(36)59-39)11-14-44(40)86-26-2-4-45(67)56-16-17-58-53(78)42(33-87(80,81)82)62-54(79)43(34-88(83,84)85)60-46(68)29-63-18-20-64(30-48(71)72)22-24-66(32-50(75)76)25-23-65(21-19-63)31-49(73)74/h5-6,8-11,13-14,27,41-43H,1-4,7,12,15-26,28-34H2,(H,56,67)(H,57,59)(H,58,78)(H,60,68)(H,61,77)(H,62,79)(H,69,70)(H,71,72)(H,73,74)(H,75,76)(H,80,81,82)(H,83,84,85)/t41-,42-,43-/m0/s1. The number of aliphatic carboxylic acids is 4. The van der Waals surface area contributed by atoms with Crippen LogP contribution in [0.2, 0.25) is 0 Å². The lowest BCUT2D eigenvalue weighted by Crippen LogP contribution is -2.58. The van der Waals surface area contributed by atoms with Crippen molar-refractivity contribution >= 4 is 79.5 Å². The number of hydrogen-bond donors (Lipinski definition) is 12. The van der Waals surface area contributed by atoms with Gasteiger partial charge in [-0.05, 0) is 79.1 Å². The topological polar surface area (TPSA) is 451 Å². The minimum absolute atomic E-state index is 0.0302. The molecule has 31 nitrogen and oxygen atoms in total. The monoisotopic (exact) mass is 1280 g/mol. The largest absolute Gasteiger partial charge is 0.491 e. The van der Waals surface area contributed by atoms with E-state index in [0.717, 1.165) is 42.5 Å². The van der Waals surface area contributed by atoms with Crippen LogP contribution in [-0.4, -0.2) is 253 Å². The number of carboxylic acids is 4. The zero-order chi connectivity index (χ0) is 64.6. The van der Waals surface area contributed by atoms with Gasteiger partial charge in [-0.15, -0.1) is 0 Å². The number of hydrogen-bond acceptors (Lipinski definition) is 20. The Morgan fingerprint density at radius 2 is 1.17 bits per heavy atom. The molecule has 34 heteroatoms. The highest BCUT2D eigenvalue weighted by atomic mass is 32.2. The molecule has 0 radical (unpaired) electrons. The van der Waals surface area contributed by atoms with Crippen molar-refractivity contribution in [3.8, 4) is 5.75 Å². The first kappa shape index (κ1) is 70.8. The molecule has 0 unspecified atom stereocenters. The Morgan fingerprint density at radius 1 is 0.625 bits per heavy atom. The van der Waals surface area contributed by atoms with Gasteiger partial charge in [0.05, 0.1) is 45.2 Å². The molecule has 3 heterocycles. The molecule has 1 saturated heterocycles. The van der Waals surface area contributed by atoms with Gasteiger partial charge in [0.2, 0.25) is 23.6 Å². The van der Waals surface area contributed by atoms with Gasteiger partial charge in [-0.3, -0.25) is 71.9 Å². The molecule has 0 bridgehead atoms. The fourth-order valence-electron chi connectivity index (χ4n) is 9.42. The zero-order valence-corrected chi connectivity index (χ0v) is 49.6. The molecular formula is C54H74FN11O20S2. The summed E-state index contributed by atoms with van der Waals surface area (Å²) in [5.74, 6) is -13.1. The van der Waals surface area contributed by atoms with Gasteiger partial charge in [-0.2, -0.15) is 16.8 Å². The number of carbonyl (C=O) groups is 9. The van der Waals surface area contributed by atoms with Gasteiger partial charge >= 0.3 is 23.9 Å². The molecule has 0 spiro atoms. The Balaban J connectivity index is 1.09. The van der Waals surface area contributed by atoms with Gasteiger partial charge in [0.25, 0.3) is 26.1 Å². The van der Waals surface area contributed by atoms with Crippen molar-refractivity contribution in [3.63, 3.8) is 0 Å². The molecule has 0 saturated carbocycles. The third-order valence-electron chi connectivity index (χ3n) is 13.8. The number of amides is 5. The Bertz CT molecular complexity index is 3150. The molecule has 5 rings (SSSR count). The van der Waals surface area contributed by atoms with E-state index in [0.29, 0.717) is 12.8 Å². The molecule has 2 aromatic carbocycles. The van der Waals surface area contributed by atoms with Crippen LogP contribution in [0.4, 0.5) is 10.2 Å². The Kier molecular flexibility index (Phi) is 27.8. The van der Waals surface area contributed by atoms with E-state index >= 15 is 4.39 Å². The number of aromatic nitrogens is 1. The fourth-order valence-corrected chi connectivity index (χ4v) is 10.7. The van der Waals surface area contributed by atoms with Gasteiger partial charge in [-0.25, -0.2) is 9.37 Å². The van der Waals surface area contributed by atoms with Crippen molar-refractivity contribution < 1.29 is 98.6 Å². The van der Waals surface area contributed by atoms with Crippen LogP contribution in [-0.2, 0) is 77.9 Å². The summed E-state index contributed by atoms with van der Waals surface area (Å²) in [5.41, 5.74) is 3.47. The van der Waals surface area contributed by atoms with E-state index in [9.17, 15) is 89.5 Å². The van der Waals surface area contributed by atoms with Crippen molar-refractivity contribution in [2.45, 2.75) is 63.1 Å². The van der Waals surface area contributed by atoms with Gasteiger partial charge in [0, 0.05) is 89.7 Å². The van der Waals surface area contributed by atoms with Gasteiger partial charge in [-0.1, -0.05) is 24.3 Å². The average Bonchev–Trinajstić information content (AvgIpc) is 3.26. The second-order valence-electron chi connectivity index (χ2n) is 20.9. The number of ether oxygens (including phenoxy) is 1.